The third-order valence-corrected chi connectivity index (χ3v) is 3.86. The van der Waals surface area contributed by atoms with Crippen molar-refractivity contribution in [1.29, 1.82) is 0 Å². The zero-order chi connectivity index (χ0) is 14.8. The van der Waals surface area contributed by atoms with Crippen LogP contribution in [-0.4, -0.2) is 23.0 Å². The number of halogens is 2. The van der Waals surface area contributed by atoms with Crippen molar-refractivity contribution < 1.29 is 9.21 Å². The van der Waals surface area contributed by atoms with Crippen LogP contribution in [0.15, 0.2) is 22.6 Å². The Morgan fingerprint density at radius 1 is 1.32 bits per heavy atom. The number of carbonyl (C=O) groups is 1. The van der Waals surface area contributed by atoms with Crippen LogP contribution >= 0.6 is 24.8 Å². The number of nitrogens with zero attached hydrogens (tertiary/aromatic N) is 1. The molecule has 0 unspecified atom stereocenters. The molecule has 2 heterocycles. The quantitative estimate of drug-likeness (QED) is 0.869. The summed E-state index contributed by atoms with van der Waals surface area (Å²) in [5, 5.41) is 2.99. The lowest BCUT2D eigenvalue weighted by atomic mass is 9.93. The van der Waals surface area contributed by atoms with Crippen molar-refractivity contribution in [3.63, 3.8) is 0 Å². The number of hydrogen-bond acceptors (Lipinski definition) is 4. The Labute approximate surface area is 142 Å². The lowest BCUT2D eigenvalue weighted by Gasteiger charge is -2.30. The lowest BCUT2D eigenvalue weighted by Crippen LogP contribution is -2.52. The van der Waals surface area contributed by atoms with Gasteiger partial charge >= 0.3 is 0 Å². The summed E-state index contributed by atoms with van der Waals surface area (Å²) >= 11 is 0. The van der Waals surface area contributed by atoms with E-state index in [1.54, 1.807) is 6.07 Å². The zero-order valence-corrected chi connectivity index (χ0v) is 14.6. The topological polar surface area (TPSA) is 81.1 Å². The van der Waals surface area contributed by atoms with Gasteiger partial charge in [-0.05, 0) is 31.9 Å². The maximum atomic E-state index is 12.3. The van der Waals surface area contributed by atoms with E-state index in [0.717, 1.165) is 18.5 Å². The van der Waals surface area contributed by atoms with Crippen molar-refractivity contribution in [2.45, 2.75) is 39.2 Å². The number of hydrogen-bond donors (Lipinski definition) is 2. The average molecular weight is 348 g/mol. The summed E-state index contributed by atoms with van der Waals surface area (Å²) in [4.78, 5) is 16.6. The molecule has 0 aromatic carbocycles. The van der Waals surface area contributed by atoms with Gasteiger partial charge in [-0.1, -0.05) is 13.8 Å². The Morgan fingerprint density at radius 2 is 1.95 bits per heavy atom. The molecule has 0 radical (unpaired) electrons. The van der Waals surface area contributed by atoms with Gasteiger partial charge in [-0.15, -0.1) is 24.8 Å². The first-order valence-corrected chi connectivity index (χ1v) is 6.93. The van der Waals surface area contributed by atoms with Crippen LogP contribution in [0.3, 0.4) is 0 Å². The van der Waals surface area contributed by atoms with Gasteiger partial charge in [-0.3, -0.25) is 4.79 Å². The predicted molar refractivity (Wildman–Crippen MR) is 93.1 cm³/mol. The summed E-state index contributed by atoms with van der Waals surface area (Å²) in [6, 6.07) is 5.35. The van der Waals surface area contributed by atoms with Gasteiger partial charge in [0, 0.05) is 18.3 Å². The van der Waals surface area contributed by atoms with E-state index in [1.165, 1.54) is 0 Å². The van der Waals surface area contributed by atoms with Crippen molar-refractivity contribution in [2.24, 2.45) is 5.73 Å². The molecule has 5 nitrogen and oxygen atoms in total. The highest BCUT2D eigenvalue weighted by Gasteiger charge is 2.28. The van der Waals surface area contributed by atoms with Gasteiger partial charge in [0.2, 0.25) is 0 Å². The minimum atomic E-state index is -0.376. The highest BCUT2D eigenvalue weighted by molar-refractivity contribution is 5.95. The molecule has 0 aliphatic heterocycles. The molecule has 0 aliphatic rings. The number of carbonyl (C=O) groups excluding carboxylic acids is 1. The largest absolute Gasteiger partial charge is 0.449 e. The molecule has 22 heavy (non-hydrogen) atoms. The van der Waals surface area contributed by atoms with Gasteiger partial charge in [0.15, 0.2) is 11.3 Å². The fourth-order valence-corrected chi connectivity index (χ4v) is 2.21. The number of nitrogens with two attached hydrogens (primary N) is 1. The first-order chi connectivity index (χ1) is 9.53. The van der Waals surface area contributed by atoms with Gasteiger partial charge in [0.25, 0.3) is 5.91 Å². The Hall–Kier alpha value is -1.30. The normalized spacial score (nSPS) is 10.7. The van der Waals surface area contributed by atoms with Crippen LogP contribution in [-0.2, 0) is 0 Å². The number of aromatic nitrogens is 1. The Balaban J connectivity index is 0.00000220. The Bertz CT molecular complexity index is 616. The third kappa shape index (κ3) is 4.12. The SMILES string of the molecule is CCC(CC)(CN)NC(=O)c1cc2nc(C)ccc2o1.Cl.Cl. The van der Waals surface area contributed by atoms with Crippen LogP contribution in [0, 0.1) is 6.92 Å². The van der Waals surface area contributed by atoms with Crippen LogP contribution in [0.5, 0.6) is 0 Å². The molecule has 0 fully saturated rings. The van der Waals surface area contributed by atoms with E-state index in [2.05, 4.69) is 10.3 Å². The highest BCUT2D eigenvalue weighted by atomic mass is 35.5. The zero-order valence-electron chi connectivity index (χ0n) is 13.0. The summed E-state index contributed by atoms with van der Waals surface area (Å²) in [5.41, 5.74) is 7.62. The van der Waals surface area contributed by atoms with Crippen LogP contribution in [0.1, 0.15) is 42.9 Å². The van der Waals surface area contributed by atoms with E-state index in [-0.39, 0.29) is 42.0 Å². The summed E-state index contributed by atoms with van der Waals surface area (Å²) < 4.78 is 5.55. The van der Waals surface area contributed by atoms with E-state index in [1.807, 2.05) is 32.9 Å². The van der Waals surface area contributed by atoms with Crippen molar-refractivity contribution in [1.82, 2.24) is 10.3 Å². The van der Waals surface area contributed by atoms with E-state index in [4.69, 9.17) is 10.2 Å². The molecule has 0 saturated heterocycles. The van der Waals surface area contributed by atoms with Gasteiger partial charge in [-0.25, -0.2) is 4.98 Å². The molecule has 2 rings (SSSR count). The Kier molecular flexibility index (Phi) is 7.87. The molecule has 0 saturated carbocycles. The fraction of sp³-hybridized carbons (Fsp3) is 0.467. The molecule has 1 amide bonds. The number of pyridine rings is 1. The number of furan rings is 1. The van der Waals surface area contributed by atoms with E-state index in [9.17, 15) is 4.79 Å². The van der Waals surface area contributed by atoms with Crippen LogP contribution < -0.4 is 11.1 Å². The lowest BCUT2D eigenvalue weighted by molar-refractivity contribution is 0.0869. The summed E-state index contributed by atoms with van der Waals surface area (Å²) in [7, 11) is 0. The molecule has 2 aromatic heterocycles. The standard InChI is InChI=1S/C15H21N3O2.2ClH/c1-4-15(5-2,9-16)18-14(19)13-8-11-12(20-13)7-6-10(3)17-11;;/h6-8H,4-5,9,16H2,1-3H3,(H,18,19);2*1H. The first-order valence-electron chi connectivity index (χ1n) is 6.93. The smallest absolute Gasteiger partial charge is 0.287 e. The second-order valence-corrected chi connectivity index (χ2v) is 5.09. The van der Waals surface area contributed by atoms with E-state index < -0.39 is 0 Å². The van der Waals surface area contributed by atoms with Gasteiger partial charge < -0.3 is 15.5 Å². The van der Waals surface area contributed by atoms with Crippen LogP contribution in [0.2, 0.25) is 0 Å². The molecule has 0 bridgehead atoms. The van der Waals surface area contributed by atoms with Crippen molar-refractivity contribution in [3.8, 4) is 0 Å². The molecule has 0 atom stereocenters. The summed E-state index contributed by atoms with van der Waals surface area (Å²) in [5.74, 6) is 0.0348. The average Bonchev–Trinajstić information content (AvgIpc) is 2.88. The van der Waals surface area contributed by atoms with Gasteiger partial charge in [0.1, 0.15) is 5.52 Å². The van der Waals surface area contributed by atoms with Crippen molar-refractivity contribution in [3.05, 3.63) is 29.7 Å². The molecule has 7 heteroatoms. The number of aryl methyl sites for hydroxylation is 1. The maximum absolute atomic E-state index is 12.3. The third-order valence-electron chi connectivity index (χ3n) is 3.86. The predicted octanol–water partition coefficient (Wildman–Crippen LogP) is 3.23. The molecular weight excluding hydrogens is 325 g/mol. The number of nitrogens with one attached hydrogen (secondary N) is 1. The number of rotatable bonds is 5. The Morgan fingerprint density at radius 3 is 2.50 bits per heavy atom. The number of amides is 1. The minimum Gasteiger partial charge on any atom is -0.449 e. The van der Waals surface area contributed by atoms with E-state index >= 15 is 0 Å². The minimum absolute atomic E-state index is 0. The van der Waals surface area contributed by atoms with Gasteiger partial charge in [0.05, 0.1) is 5.54 Å². The second kappa shape index (κ2) is 8.36. The fourth-order valence-electron chi connectivity index (χ4n) is 2.21. The van der Waals surface area contributed by atoms with Crippen LogP contribution in [0.25, 0.3) is 11.1 Å². The maximum Gasteiger partial charge on any atom is 0.287 e. The molecule has 0 aliphatic carbocycles. The van der Waals surface area contributed by atoms with Gasteiger partial charge in [-0.2, -0.15) is 0 Å². The number of fused-ring (bicyclic) bond motifs is 1. The van der Waals surface area contributed by atoms with E-state index in [0.29, 0.717) is 17.6 Å². The molecule has 3 N–H and O–H groups in total. The molecule has 0 spiro atoms. The highest BCUT2D eigenvalue weighted by Crippen LogP contribution is 2.20. The second-order valence-electron chi connectivity index (χ2n) is 5.09. The molecular formula is C15H23Cl2N3O2. The summed E-state index contributed by atoms with van der Waals surface area (Å²) in [6.07, 6.45) is 1.56. The summed E-state index contributed by atoms with van der Waals surface area (Å²) in [6.45, 7) is 6.34. The molecule has 2 aromatic rings. The van der Waals surface area contributed by atoms with Crippen molar-refractivity contribution in [2.75, 3.05) is 6.54 Å². The first kappa shape index (κ1) is 20.7. The molecule has 124 valence electrons. The van der Waals surface area contributed by atoms with Crippen molar-refractivity contribution >= 4 is 41.8 Å². The van der Waals surface area contributed by atoms with Crippen LogP contribution in [0.4, 0.5) is 0 Å². The monoisotopic (exact) mass is 347 g/mol.